The number of benzene rings is 2. The zero-order valence-electron chi connectivity index (χ0n) is 10.4. The van der Waals surface area contributed by atoms with Gasteiger partial charge in [-0.25, -0.2) is 4.98 Å². The fourth-order valence-electron chi connectivity index (χ4n) is 1.94. The van der Waals surface area contributed by atoms with Crippen LogP contribution in [0.3, 0.4) is 0 Å². The zero-order chi connectivity index (χ0) is 13.2. The number of carbonyl (C=O) groups excluding carboxylic acids is 1. The maximum absolute atomic E-state index is 12.1. The topological polar surface area (TPSA) is 42.0 Å². The number of amides is 1. The summed E-state index contributed by atoms with van der Waals surface area (Å²) < 4.78 is 1.09. The summed E-state index contributed by atoms with van der Waals surface area (Å²) >= 11 is 1.63. The molecule has 0 saturated carbocycles. The van der Waals surface area contributed by atoms with Gasteiger partial charge in [-0.05, 0) is 31.2 Å². The van der Waals surface area contributed by atoms with Crippen LogP contribution in [-0.4, -0.2) is 10.9 Å². The Kier molecular flexibility index (Phi) is 3.01. The molecule has 0 aliphatic carbocycles. The highest BCUT2D eigenvalue weighted by atomic mass is 32.1. The molecule has 1 N–H and O–H groups in total. The maximum atomic E-state index is 12.1. The van der Waals surface area contributed by atoms with Crippen LogP contribution in [-0.2, 0) is 0 Å². The second-order valence-corrected chi connectivity index (χ2v) is 5.44. The van der Waals surface area contributed by atoms with Gasteiger partial charge < -0.3 is 5.32 Å². The minimum Gasteiger partial charge on any atom is -0.320 e. The van der Waals surface area contributed by atoms with Crippen molar-refractivity contribution < 1.29 is 4.79 Å². The van der Waals surface area contributed by atoms with E-state index in [1.807, 2.05) is 43.3 Å². The Morgan fingerprint density at radius 1 is 1.11 bits per heavy atom. The van der Waals surface area contributed by atoms with E-state index in [0.29, 0.717) is 5.56 Å². The van der Waals surface area contributed by atoms with Gasteiger partial charge in [0.1, 0.15) is 5.52 Å². The summed E-state index contributed by atoms with van der Waals surface area (Å²) in [5.41, 5.74) is 2.26. The Morgan fingerprint density at radius 2 is 1.89 bits per heavy atom. The quantitative estimate of drug-likeness (QED) is 0.767. The first-order valence-corrected chi connectivity index (χ1v) is 6.78. The summed E-state index contributed by atoms with van der Waals surface area (Å²) in [4.78, 5) is 16.6. The molecule has 2 aromatic carbocycles. The van der Waals surface area contributed by atoms with Crippen molar-refractivity contribution in [3.63, 3.8) is 0 Å². The first-order valence-electron chi connectivity index (χ1n) is 5.96. The van der Waals surface area contributed by atoms with E-state index in [1.165, 1.54) is 0 Å². The first-order chi connectivity index (χ1) is 9.24. The molecule has 0 aliphatic rings. The van der Waals surface area contributed by atoms with Gasteiger partial charge in [0.25, 0.3) is 5.91 Å². The van der Waals surface area contributed by atoms with Gasteiger partial charge in [0, 0.05) is 5.56 Å². The third-order valence-electron chi connectivity index (χ3n) is 2.81. The molecule has 0 radical (unpaired) electrons. The molecule has 94 valence electrons. The van der Waals surface area contributed by atoms with Crippen molar-refractivity contribution in [3.05, 3.63) is 59.1 Å². The van der Waals surface area contributed by atoms with Crippen LogP contribution < -0.4 is 5.32 Å². The van der Waals surface area contributed by atoms with E-state index in [0.717, 1.165) is 20.9 Å². The van der Waals surface area contributed by atoms with Crippen LogP contribution in [0.25, 0.3) is 10.2 Å². The number of thiazole rings is 1. The molecule has 3 nitrogen and oxygen atoms in total. The van der Waals surface area contributed by atoms with Gasteiger partial charge in [-0.2, -0.15) is 0 Å². The molecule has 0 spiro atoms. The largest absolute Gasteiger partial charge is 0.320 e. The van der Waals surface area contributed by atoms with Crippen LogP contribution in [0.15, 0.2) is 48.5 Å². The normalized spacial score (nSPS) is 10.6. The Labute approximate surface area is 114 Å². The molecular weight excluding hydrogens is 256 g/mol. The number of rotatable bonds is 2. The standard InChI is InChI=1S/C15H12N2OS/c1-10-16-14-12(8-5-9-13(14)19-10)17-15(18)11-6-3-2-4-7-11/h2-9H,1H3,(H,17,18). The molecule has 0 aliphatic heterocycles. The predicted molar refractivity (Wildman–Crippen MR) is 78.8 cm³/mol. The van der Waals surface area contributed by atoms with Crippen molar-refractivity contribution in [2.45, 2.75) is 6.92 Å². The van der Waals surface area contributed by atoms with Crippen LogP contribution >= 0.6 is 11.3 Å². The summed E-state index contributed by atoms with van der Waals surface area (Å²) in [5.74, 6) is -0.112. The van der Waals surface area contributed by atoms with Gasteiger partial charge in [0.05, 0.1) is 15.4 Å². The van der Waals surface area contributed by atoms with Gasteiger partial charge in [-0.15, -0.1) is 11.3 Å². The Hall–Kier alpha value is -2.20. The number of nitrogens with zero attached hydrogens (tertiary/aromatic N) is 1. The van der Waals surface area contributed by atoms with E-state index in [4.69, 9.17) is 0 Å². The predicted octanol–water partition coefficient (Wildman–Crippen LogP) is 3.86. The van der Waals surface area contributed by atoms with Gasteiger partial charge in [-0.3, -0.25) is 4.79 Å². The number of nitrogens with one attached hydrogen (secondary N) is 1. The smallest absolute Gasteiger partial charge is 0.255 e. The number of hydrogen-bond donors (Lipinski definition) is 1. The molecule has 0 saturated heterocycles. The van der Waals surface area contributed by atoms with Crippen molar-refractivity contribution >= 4 is 33.1 Å². The third kappa shape index (κ3) is 2.35. The average Bonchev–Trinajstić information content (AvgIpc) is 2.81. The van der Waals surface area contributed by atoms with Crippen LogP contribution in [0, 0.1) is 6.92 Å². The number of para-hydroxylation sites is 1. The molecule has 1 aromatic heterocycles. The van der Waals surface area contributed by atoms with E-state index in [9.17, 15) is 4.79 Å². The molecule has 3 rings (SSSR count). The van der Waals surface area contributed by atoms with Crippen LogP contribution in [0.2, 0.25) is 0 Å². The Bertz CT molecular complexity index is 734. The lowest BCUT2D eigenvalue weighted by Crippen LogP contribution is -2.11. The molecule has 0 unspecified atom stereocenters. The van der Waals surface area contributed by atoms with E-state index in [-0.39, 0.29) is 5.91 Å². The lowest BCUT2D eigenvalue weighted by atomic mass is 10.2. The maximum Gasteiger partial charge on any atom is 0.255 e. The molecular formula is C15H12N2OS. The lowest BCUT2D eigenvalue weighted by Gasteiger charge is -2.05. The molecule has 0 fully saturated rings. The number of carbonyl (C=O) groups is 1. The average molecular weight is 268 g/mol. The minimum atomic E-state index is -0.112. The number of fused-ring (bicyclic) bond motifs is 1. The summed E-state index contributed by atoms with van der Waals surface area (Å²) in [6.45, 7) is 1.97. The highest BCUT2D eigenvalue weighted by Gasteiger charge is 2.10. The first kappa shape index (κ1) is 11.9. The lowest BCUT2D eigenvalue weighted by molar-refractivity contribution is 0.102. The fourth-order valence-corrected chi connectivity index (χ4v) is 2.80. The Balaban J connectivity index is 1.95. The highest BCUT2D eigenvalue weighted by Crippen LogP contribution is 2.27. The molecule has 4 heteroatoms. The highest BCUT2D eigenvalue weighted by molar-refractivity contribution is 7.18. The van der Waals surface area contributed by atoms with Crippen molar-refractivity contribution in [2.75, 3.05) is 5.32 Å². The molecule has 0 bridgehead atoms. The van der Waals surface area contributed by atoms with Crippen molar-refractivity contribution in [2.24, 2.45) is 0 Å². The van der Waals surface area contributed by atoms with E-state index >= 15 is 0 Å². The van der Waals surface area contributed by atoms with E-state index in [1.54, 1.807) is 23.5 Å². The van der Waals surface area contributed by atoms with E-state index in [2.05, 4.69) is 10.3 Å². The number of anilines is 1. The van der Waals surface area contributed by atoms with Crippen molar-refractivity contribution in [1.29, 1.82) is 0 Å². The summed E-state index contributed by atoms with van der Waals surface area (Å²) in [5, 5.41) is 3.92. The van der Waals surface area contributed by atoms with Crippen molar-refractivity contribution in [1.82, 2.24) is 4.98 Å². The number of hydrogen-bond acceptors (Lipinski definition) is 3. The molecule has 1 amide bonds. The van der Waals surface area contributed by atoms with Gasteiger partial charge in [0.15, 0.2) is 0 Å². The summed E-state index contributed by atoms with van der Waals surface area (Å²) in [7, 11) is 0. The van der Waals surface area contributed by atoms with E-state index < -0.39 is 0 Å². The molecule has 1 heterocycles. The second-order valence-electron chi connectivity index (χ2n) is 4.21. The number of aromatic nitrogens is 1. The van der Waals surface area contributed by atoms with Gasteiger partial charge in [0.2, 0.25) is 0 Å². The van der Waals surface area contributed by atoms with Crippen molar-refractivity contribution in [3.8, 4) is 0 Å². The third-order valence-corrected chi connectivity index (χ3v) is 3.75. The SMILES string of the molecule is Cc1nc2c(NC(=O)c3ccccc3)cccc2s1. The fraction of sp³-hybridized carbons (Fsp3) is 0.0667. The zero-order valence-corrected chi connectivity index (χ0v) is 11.2. The van der Waals surface area contributed by atoms with Crippen LogP contribution in [0.4, 0.5) is 5.69 Å². The summed E-state index contributed by atoms with van der Waals surface area (Å²) in [6, 6.07) is 15.0. The second kappa shape index (κ2) is 4.82. The number of aryl methyl sites for hydroxylation is 1. The van der Waals surface area contributed by atoms with Crippen LogP contribution in [0.5, 0.6) is 0 Å². The van der Waals surface area contributed by atoms with Crippen LogP contribution in [0.1, 0.15) is 15.4 Å². The molecule has 19 heavy (non-hydrogen) atoms. The summed E-state index contributed by atoms with van der Waals surface area (Å²) in [6.07, 6.45) is 0. The van der Waals surface area contributed by atoms with Gasteiger partial charge in [-0.1, -0.05) is 24.3 Å². The molecule has 3 aromatic rings. The minimum absolute atomic E-state index is 0.112. The Morgan fingerprint density at radius 3 is 2.68 bits per heavy atom. The molecule has 0 atom stereocenters. The monoisotopic (exact) mass is 268 g/mol. The van der Waals surface area contributed by atoms with Gasteiger partial charge >= 0.3 is 0 Å².